The number of methoxy groups -OCH3 is 1. The second-order valence-electron chi connectivity index (χ2n) is 9.10. The largest absolute Gasteiger partial charge is 0.497 e. The Bertz CT molecular complexity index is 1540. The normalized spacial score (nSPS) is 16.1. The molecule has 0 N–H and O–H groups in total. The first-order chi connectivity index (χ1) is 17.5. The molecule has 3 heterocycles. The topological polar surface area (TPSA) is 52.9 Å². The Morgan fingerprint density at radius 3 is 2.83 bits per heavy atom. The molecule has 0 saturated carbocycles. The summed E-state index contributed by atoms with van der Waals surface area (Å²) in [6, 6.07) is 17.4. The lowest BCUT2D eigenvalue weighted by molar-refractivity contribution is 0.0950. The van der Waals surface area contributed by atoms with Gasteiger partial charge in [0.2, 0.25) is 5.78 Å². The summed E-state index contributed by atoms with van der Waals surface area (Å²) in [6.07, 6.45) is 4.62. The summed E-state index contributed by atoms with van der Waals surface area (Å²) in [5.41, 5.74) is 4.51. The second-order valence-corrected chi connectivity index (χ2v) is 9.51. The number of hydrogen-bond acceptors (Lipinski definition) is 5. The van der Waals surface area contributed by atoms with Crippen LogP contribution < -0.4 is 14.2 Å². The number of fused-ring (bicyclic) bond motifs is 4. The molecular formula is C29H25ClN2O4. The molecule has 0 unspecified atom stereocenters. The van der Waals surface area contributed by atoms with E-state index < -0.39 is 0 Å². The molecular weight excluding hydrogens is 476 g/mol. The highest BCUT2D eigenvalue weighted by molar-refractivity contribution is 6.31. The lowest BCUT2D eigenvalue weighted by atomic mass is 10.0. The third kappa shape index (κ3) is 3.92. The highest BCUT2D eigenvalue weighted by Crippen LogP contribution is 2.42. The lowest BCUT2D eigenvalue weighted by Gasteiger charge is -2.29. The van der Waals surface area contributed by atoms with E-state index in [4.69, 9.17) is 25.8 Å². The van der Waals surface area contributed by atoms with Crippen molar-refractivity contribution in [2.24, 2.45) is 7.05 Å². The lowest BCUT2D eigenvalue weighted by Crippen LogP contribution is -2.33. The monoisotopic (exact) mass is 500 g/mol. The molecule has 0 radical (unpaired) electrons. The average Bonchev–Trinajstić information content (AvgIpc) is 3.39. The fourth-order valence-corrected chi connectivity index (χ4v) is 5.14. The molecule has 0 amide bonds. The quantitative estimate of drug-likeness (QED) is 0.322. The molecule has 0 fully saturated rings. The van der Waals surface area contributed by atoms with E-state index in [1.807, 2.05) is 72.4 Å². The number of aromatic nitrogens is 1. The Morgan fingerprint density at radius 2 is 2.00 bits per heavy atom. The van der Waals surface area contributed by atoms with E-state index in [1.165, 1.54) is 0 Å². The molecule has 2 aliphatic heterocycles. The molecule has 4 aromatic rings. The van der Waals surface area contributed by atoms with Crippen LogP contribution >= 0.6 is 11.6 Å². The standard InChI is InChI=1S/C29H25ClN2O4/c1-31-15-19(22-14-20(34-2)7-9-25(22)31)13-27-28(33)21-8-10-26-23(29(21)36-27)16-32(17-35-26)12-11-18-5-3-4-6-24(18)30/h3-10,13-15H,11-12,16-17H2,1-2H3/b27-13-. The van der Waals surface area contributed by atoms with E-state index in [9.17, 15) is 4.79 Å². The van der Waals surface area contributed by atoms with E-state index in [-0.39, 0.29) is 5.78 Å². The number of aryl methyl sites for hydroxylation is 1. The van der Waals surface area contributed by atoms with Crippen LogP contribution in [0.5, 0.6) is 17.2 Å². The number of nitrogens with zero attached hydrogens (tertiary/aromatic N) is 2. The van der Waals surface area contributed by atoms with Crippen LogP contribution in [0, 0.1) is 0 Å². The molecule has 0 aliphatic carbocycles. The van der Waals surface area contributed by atoms with Gasteiger partial charge in [0.25, 0.3) is 0 Å². The van der Waals surface area contributed by atoms with Gasteiger partial charge in [0.05, 0.1) is 18.2 Å². The van der Waals surface area contributed by atoms with Gasteiger partial charge in [-0.25, -0.2) is 0 Å². The highest BCUT2D eigenvalue weighted by atomic mass is 35.5. The molecule has 182 valence electrons. The van der Waals surface area contributed by atoms with Gasteiger partial charge in [-0.05, 0) is 54.5 Å². The van der Waals surface area contributed by atoms with Crippen molar-refractivity contribution in [3.63, 3.8) is 0 Å². The fraction of sp³-hybridized carbons (Fsp3) is 0.207. The first kappa shape index (κ1) is 22.7. The summed E-state index contributed by atoms with van der Waals surface area (Å²) in [7, 11) is 3.62. The van der Waals surface area contributed by atoms with Crippen LogP contribution in [-0.2, 0) is 20.0 Å². The number of ketones is 1. The van der Waals surface area contributed by atoms with E-state index in [0.717, 1.165) is 57.1 Å². The zero-order chi connectivity index (χ0) is 24.8. The van der Waals surface area contributed by atoms with Crippen LogP contribution in [0.3, 0.4) is 0 Å². The predicted octanol–water partition coefficient (Wildman–Crippen LogP) is 5.85. The van der Waals surface area contributed by atoms with Gasteiger partial charge in [-0.3, -0.25) is 9.69 Å². The number of allylic oxidation sites excluding steroid dienone is 1. The fourth-order valence-electron chi connectivity index (χ4n) is 4.91. The summed E-state index contributed by atoms with van der Waals surface area (Å²) in [6.45, 7) is 1.89. The number of carbonyl (C=O) groups excluding carboxylic acids is 1. The van der Waals surface area contributed by atoms with Crippen molar-refractivity contribution in [2.45, 2.75) is 13.0 Å². The molecule has 0 spiro atoms. The number of ether oxygens (including phenoxy) is 3. The van der Waals surface area contributed by atoms with Gasteiger partial charge in [-0.1, -0.05) is 29.8 Å². The highest BCUT2D eigenvalue weighted by Gasteiger charge is 2.33. The molecule has 3 aromatic carbocycles. The molecule has 0 saturated heterocycles. The molecule has 7 heteroatoms. The maximum atomic E-state index is 13.3. The van der Waals surface area contributed by atoms with Crippen molar-refractivity contribution >= 4 is 34.4 Å². The third-order valence-corrected chi connectivity index (χ3v) is 7.22. The number of carbonyl (C=O) groups is 1. The molecule has 6 rings (SSSR count). The smallest absolute Gasteiger partial charge is 0.231 e. The average molecular weight is 501 g/mol. The van der Waals surface area contributed by atoms with Crippen LogP contribution in [0.2, 0.25) is 5.02 Å². The number of rotatable bonds is 5. The molecule has 0 atom stereocenters. The minimum Gasteiger partial charge on any atom is -0.497 e. The zero-order valence-electron chi connectivity index (χ0n) is 20.1. The summed E-state index contributed by atoms with van der Waals surface area (Å²) in [5, 5.41) is 1.76. The van der Waals surface area contributed by atoms with Crippen LogP contribution in [-0.4, -0.2) is 35.6 Å². The van der Waals surface area contributed by atoms with Crippen molar-refractivity contribution in [2.75, 3.05) is 20.4 Å². The van der Waals surface area contributed by atoms with Crippen LogP contribution in [0.15, 0.2) is 66.6 Å². The summed E-state index contributed by atoms with van der Waals surface area (Å²) in [4.78, 5) is 15.5. The Kier molecular flexibility index (Phi) is 5.70. The Balaban J connectivity index is 1.28. The zero-order valence-corrected chi connectivity index (χ0v) is 20.8. The third-order valence-electron chi connectivity index (χ3n) is 6.85. The molecule has 0 bridgehead atoms. The maximum Gasteiger partial charge on any atom is 0.231 e. The van der Waals surface area contributed by atoms with Crippen molar-refractivity contribution < 1.29 is 19.0 Å². The van der Waals surface area contributed by atoms with Crippen molar-refractivity contribution in [3.8, 4) is 17.2 Å². The van der Waals surface area contributed by atoms with Gasteiger partial charge in [0.1, 0.15) is 24.0 Å². The van der Waals surface area contributed by atoms with E-state index in [0.29, 0.717) is 30.3 Å². The van der Waals surface area contributed by atoms with Crippen molar-refractivity contribution in [1.29, 1.82) is 0 Å². The van der Waals surface area contributed by atoms with E-state index >= 15 is 0 Å². The van der Waals surface area contributed by atoms with Crippen LogP contribution in [0.4, 0.5) is 0 Å². The number of halogens is 1. The summed E-state index contributed by atoms with van der Waals surface area (Å²) >= 11 is 6.33. The predicted molar refractivity (Wildman–Crippen MR) is 140 cm³/mol. The minimum atomic E-state index is -0.124. The van der Waals surface area contributed by atoms with Gasteiger partial charge in [-0.2, -0.15) is 0 Å². The van der Waals surface area contributed by atoms with E-state index in [2.05, 4.69) is 4.90 Å². The molecule has 2 aliphatic rings. The Morgan fingerprint density at radius 1 is 1.14 bits per heavy atom. The molecule has 6 nitrogen and oxygen atoms in total. The van der Waals surface area contributed by atoms with Gasteiger partial charge < -0.3 is 18.8 Å². The number of hydrogen-bond donors (Lipinski definition) is 0. The Labute approximate surface area is 214 Å². The van der Waals surface area contributed by atoms with Gasteiger partial charge in [0.15, 0.2) is 5.76 Å². The first-order valence-electron chi connectivity index (χ1n) is 11.8. The van der Waals surface area contributed by atoms with Gasteiger partial charge in [0, 0.05) is 47.8 Å². The van der Waals surface area contributed by atoms with Gasteiger partial charge in [-0.15, -0.1) is 0 Å². The van der Waals surface area contributed by atoms with E-state index in [1.54, 1.807) is 13.2 Å². The van der Waals surface area contributed by atoms with Crippen LogP contribution in [0.1, 0.15) is 27.0 Å². The summed E-state index contributed by atoms with van der Waals surface area (Å²) in [5.74, 6) is 2.29. The van der Waals surface area contributed by atoms with Gasteiger partial charge >= 0.3 is 0 Å². The van der Waals surface area contributed by atoms with Crippen LogP contribution in [0.25, 0.3) is 17.0 Å². The van der Waals surface area contributed by atoms with Crippen molar-refractivity contribution in [3.05, 3.63) is 93.8 Å². The molecule has 36 heavy (non-hydrogen) atoms. The summed E-state index contributed by atoms with van der Waals surface area (Å²) < 4.78 is 19.7. The minimum absolute atomic E-state index is 0.124. The number of benzene rings is 3. The SMILES string of the molecule is COc1ccc2c(c1)c(/C=C1\Oc3c(ccc4c3CN(CCc3ccccc3Cl)CO4)C1=O)cn2C. The second kappa shape index (κ2) is 9.04. The first-order valence-corrected chi connectivity index (χ1v) is 12.2. The maximum absolute atomic E-state index is 13.3. The Hall–Kier alpha value is -3.74. The molecule has 1 aromatic heterocycles. The number of Topliss-reactive ketones (excluding diaryl/α,β-unsaturated/α-hetero) is 1. The van der Waals surface area contributed by atoms with Crippen molar-refractivity contribution in [1.82, 2.24) is 9.47 Å².